The number of ether oxygens (including phenoxy) is 2. The van der Waals surface area contributed by atoms with E-state index in [0.29, 0.717) is 11.5 Å². The summed E-state index contributed by atoms with van der Waals surface area (Å²) >= 11 is 0. The van der Waals surface area contributed by atoms with Gasteiger partial charge in [-0.05, 0) is 42.0 Å². The summed E-state index contributed by atoms with van der Waals surface area (Å²) < 4.78 is 10.7. The highest BCUT2D eigenvalue weighted by atomic mass is 16.5. The van der Waals surface area contributed by atoms with Crippen molar-refractivity contribution < 1.29 is 24.2 Å². The normalized spacial score (nSPS) is 21.2. The lowest BCUT2D eigenvalue weighted by Crippen LogP contribution is -2.31. The van der Waals surface area contributed by atoms with Gasteiger partial charge in [0.05, 0.1) is 18.4 Å². The molecule has 1 heterocycles. The molecule has 6 nitrogen and oxygen atoms in total. The molecule has 6 heteroatoms. The van der Waals surface area contributed by atoms with Crippen LogP contribution in [0.3, 0.4) is 0 Å². The van der Waals surface area contributed by atoms with Gasteiger partial charge in [-0.3, -0.25) is 4.79 Å². The van der Waals surface area contributed by atoms with Crippen LogP contribution >= 0.6 is 0 Å². The molecule has 1 aliphatic carbocycles. The molecular weight excluding hydrogens is 298 g/mol. The van der Waals surface area contributed by atoms with Gasteiger partial charge in [-0.15, -0.1) is 0 Å². The van der Waals surface area contributed by atoms with Crippen LogP contribution in [-0.4, -0.2) is 35.9 Å². The number of carbonyl (C=O) groups is 2. The van der Waals surface area contributed by atoms with Crippen molar-refractivity contribution in [3.8, 4) is 5.75 Å². The molecule has 1 atom stereocenters. The van der Waals surface area contributed by atoms with Crippen LogP contribution in [0.5, 0.6) is 5.75 Å². The van der Waals surface area contributed by atoms with Crippen molar-refractivity contribution in [2.45, 2.75) is 6.10 Å². The van der Waals surface area contributed by atoms with Gasteiger partial charge in [-0.1, -0.05) is 12.1 Å². The predicted octanol–water partition coefficient (Wildman–Crippen LogP) is 1.98. The SMILES string of the molecule is COc1ccc(/C=C2/OC3C=CC(C(=O)O)=CC3=NC2=O)cc1. The highest BCUT2D eigenvalue weighted by molar-refractivity contribution is 6.16. The average Bonchev–Trinajstić information content (AvgIpc) is 2.55. The Kier molecular flexibility index (Phi) is 3.80. The number of carbonyl (C=O) groups excluding carboxylic acids is 1. The van der Waals surface area contributed by atoms with Crippen molar-refractivity contribution >= 4 is 23.7 Å². The first-order chi connectivity index (χ1) is 11.1. The van der Waals surface area contributed by atoms with Crippen LogP contribution in [0.2, 0.25) is 0 Å². The van der Waals surface area contributed by atoms with E-state index in [9.17, 15) is 9.59 Å². The first kappa shape index (κ1) is 14.8. The minimum absolute atomic E-state index is 0.0685. The van der Waals surface area contributed by atoms with Gasteiger partial charge < -0.3 is 14.6 Å². The third-order valence-electron chi connectivity index (χ3n) is 3.40. The van der Waals surface area contributed by atoms with Crippen LogP contribution in [0.4, 0.5) is 0 Å². The molecule has 0 bridgehead atoms. The molecule has 23 heavy (non-hydrogen) atoms. The van der Waals surface area contributed by atoms with E-state index in [1.165, 1.54) is 12.2 Å². The zero-order valence-electron chi connectivity index (χ0n) is 12.2. The molecule has 0 saturated carbocycles. The Morgan fingerprint density at radius 2 is 2.09 bits per heavy atom. The molecule has 1 aliphatic heterocycles. The number of methoxy groups -OCH3 is 1. The number of nitrogens with zero attached hydrogens (tertiary/aromatic N) is 1. The Morgan fingerprint density at radius 3 is 2.74 bits per heavy atom. The van der Waals surface area contributed by atoms with Gasteiger partial charge in [0.15, 0.2) is 11.9 Å². The molecule has 1 aromatic rings. The molecule has 1 N–H and O–H groups in total. The zero-order chi connectivity index (χ0) is 16.4. The maximum atomic E-state index is 12.0. The van der Waals surface area contributed by atoms with Gasteiger partial charge in [-0.25, -0.2) is 9.79 Å². The number of amides is 1. The highest BCUT2D eigenvalue weighted by Gasteiger charge is 2.28. The number of aliphatic carboxylic acids is 1. The van der Waals surface area contributed by atoms with Crippen molar-refractivity contribution in [2.75, 3.05) is 7.11 Å². The molecular formula is C17H13NO5. The Bertz CT molecular complexity index is 784. The summed E-state index contributed by atoms with van der Waals surface area (Å²) in [5, 5.41) is 8.96. The standard InChI is InChI=1S/C17H13NO5/c1-22-12-5-2-10(3-6-12)8-15-16(19)18-13-9-11(17(20)21)4-7-14(13)23-15/h2-9,14H,1H3,(H,20,21)/b15-8+. The van der Waals surface area contributed by atoms with Crippen molar-refractivity contribution in [1.29, 1.82) is 0 Å². The van der Waals surface area contributed by atoms with E-state index in [2.05, 4.69) is 4.99 Å². The Labute approximate surface area is 132 Å². The maximum absolute atomic E-state index is 12.0. The minimum Gasteiger partial charge on any atom is -0.497 e. The van der Waals surface area contributed by atoms with Crippen LogP contribution in [0.25, 0.3) is 6.08 Å². The van der Waals surface area contributed by atoms with Gasteiger partial charge >= 0.3 is 11.9 Å². The lowest BCUT2D eigenvalue weighted by atomic mass is 10.0. The summed E-state index contributed by atoms with van der Waals surface area (Å²) in [5.74, 6) is -0.789. The molecule has 1 unspecified atom stereocenters. The zero-order valence-corrected chi connectivity index (χ0v) is 12.2. The van der Waals surface area contributed by atoms with E-state index < -0.39 is 18.0 Å². The van der Waals surface area contributed by atoms with Crippen LogP contribution in [0, 0.1) is 0 Å². The Morgan fingerprint density at radius 1 is 1.35 bits per heavy atom. The second-order valence-electron chi connectivity index (χ2n) is 4.93. The van der Waals surface area contributed by atoms with E-state index in [1.807, 2.05) is 0 Å². The lowest BCUT2D eigenvalue weighted by molar-refractivity contribution is -0.132. The largest absolute Gasteiger partial charge is 0.497 e. The summed E-state index contributed by atoms with van der Waals surface area (Å²) in [6, 6.07) is 7.13. The van der Waals surface area contributed by atoms with Crippen molar-refractivity contribution in [3.63, 3.8) is 0 Å². The van der Waals surface area contributed by atoms with Crippen LogP contribution < -0.4 is 4.74 Å². The number of benzene rings is 1. The third kappa shape index (κ3) is 3.06. The summed E-state index contributed by atoms with van der Waals surface area (Å²) in [6.07, 6.45) is 5.38. The minimum atomic E-state index is -1.07. The van der Waals surface area contributed by atoms with Gasteiger partial charge in [0, 0.05) is 0 Å². The van der Waals surface area contributed by atoms with Gasteiger partial charge in [0.25, 0.3) is 0 Å². The fourth-order valence-electron chi connectivity index (χ4n) is 2.21. The highest BCUT2D eigenvalue weighted by Crippen LogP contribution is 2.23. The Hall–Kier alpha value is -3.15. The van der Waals surface area contributed by atoms with Crippen LogP contribution in [0.15, 0.2) is 58.8 Å². The molecule has 0 spiro atoms. The predicted molar refractivity (Wildman–Crippen MR) is 83.1 cm³/mol. The van der Waals surface area contributed by atoms with Crippen molar-refractivity contribution in [3.05, 3.63) is 59.4 Å². The molecule has 1 aromatic carbocycles. The number of carboxylic acids is 1. The number of aliphatic imine (C=N–C) groups is 1. The first-order valence-electron chi connectivity index (χ1n) is 6.85. The third-order valence-corrected chi connectivity index (χ3v) is 3.40. The molecule has 1 amide bonds. The first-order valence-corrected chi connectivity index (χ1v) is 6.85. The summed E-state index contributed by atoms with van der Waals surface area (Å²) in [5.41, 5.74) is 1.13. The average molecular weight is 311 g/mol. The molecule has 0 radical (unpaired) electrons. The van der Waals surface area contributed by atoms with Crippen LogP contribution in [-0.2, 0) is 14.3 Å². The number of carboxylic acid groups (broad SMARTS) is 1. The fourth-order valence-corrected chi connectivity index (χ4v) is 2.21. The topological polar surface area (TPSA) is 85.2 Å². The van der Waals surface area contributed by atoms with Gasteiger partial charge in [0.1, 0.15) is 5.75 Å². The molecule has 0 saturated heterocycles. The molecule has 3 rings (SSSR count). The van der Waals surface area contributed by atoms with Gasteiger partial charge in [-0.2, -0.15) is 0 Å². The summed E-state index contributed by atoms with van der Waals surface area (Å²) in [6.45, 7) is 0. The number of fused-ring (bicyclic) bond motifs is 1. The molecule has 2 aliphatic rings. The molecule has 0 fully saturated rings. The fraction of sp³-hybridized carbons (Fsp3) is 0.118. The Balaban J connectivity index is 1.87. The number of hydrogen-bond donors (Lipinski definition) is 1. The monoisotopic (exact) mass is 311 g/mol. The lowest BCUT2D eigenvalue weighted by Gasteiger charge is -2.23. The second-order valence-corrected chi connectivity index (χ2v) is 4.93. The number of rotatable bonds is 3. The smallest absolute Gasteiger partial charge is 0.335 e. The molecule has 0 aromatic heterocycles. The molecule has 116 valence electrons. The van der Waals surface area contributed by atoms with Crippen molar-refractivity contribution in [1.82, 2.24) is 0 Å². The quantitative estimate of drug-likeness (QED) is 0.863. The maximum Gasteiger partial charge on any atom is 0.335 e. The second kappa shape index (κ2) is 5.92. The van der Waals surface area contributed by atoms with E-state index in [1.54, 1.807) is 43.5 Å². The van der Waals surface area contributed by atoms with E-state index in [4.69, 9.17) is 14.6 Å². The van der Waals surface area contributed by atoms with Crippen molar-refractivity contribution in [2.24, 2.45) is 4.99 Å². The van der Waals surface area contributed by atoms with Crippen LogP contribution in [0.1, 0.15) is 5.56 Å². The summed E-state index contributed by atoms with van der Waals surface area (Å²) in [7, 11) is 1.58. The van der Waals surface area contributed by atoms with E-state index >= 15 is 0 Å². The number of hydrogen-bond acceptors (Lipinski definition) is 4. The van der Waals surface area contributed by atoms with E-state index in [-0.39, 0.29) is 11.3 Å². The van der Waals surface area contributed by atoms with Gasteiger partial charge in [0.2, 0.25) is 0 Å². The summed E-state index contributed by atoms with van der Waals surface area (Å²) in [4.78, 5) is 26.9. The van der Waals surface area contributed by atoms with E-state index in [0.717, 1.165) is 5.56 Å².